The molecular weight excluding hydrogens is 343 g/mol. The minimum Gasteiger partial charge on any atom is -0.354 e. The fourth-order valence-electron chi connectivity index (χ4n) is 2.72. The third kappa shape index (κ3) is 4.88. The molecule has 0 saturated carbocycles. The number of nitrogens with one attached hydrogen (secondary N) is 1. The fourth-order valence-corrected chi connectivity index (χ4v) is 2.72. The molecule has 0 aliphatic rings. The van der Waals surface area contributed by atoms with Crippen LogP contribution in [-0.2, 0) is 6.42 Å². The molecular formula is C21H21FN4O. The quantitative estimate of drug-likeness (QED) is 0.690. The van der Waals surface area contributed by atoms with Crippen molar-refractivity contribution in [1.29, 1.82) is 0 Å². The summed E-state index contributed by atoms with van der Waals surface area (Å²) in [5.74, 6) is -0.0279. The molecule has 0 unspecified atom stereocenters. The Bertz CT molecular complexity index is 884. The van der Waals surface area contributed by atoms with Gasteiger partial charge in [-0.15, -0.1) is 0 Å². The summed E-state index contributed by atoms with van der Waals surface area (Å²) in [6, 6.07) is 17.5. The fraction of sp³-hybridized carbons (Fsp3) is 0.190. The third-order valence-corrected chi connectivity index (χ3v) is 4.11. The smallest absolute Gasteiger partial charge is 0.277 e. The van der Waals surface area contributed by atoms with Crippen LogP contribution in [0.5, 0.6) is 0 Å². The van der Waals surface area contributed by atoms with Crippen LogP contribution in [0.15, 0.2) is 66.9 Å². The highest BCUT2D eigenvalue weighted by atomic mass is 19.1. The third-order valence-electron chi connectivity index (χ3n) is 4.11. The predicted molar refractivity (Wildman–Crippen MR) is 104 cm³/mol. The number of carbonyl (C=O) groups excluding carboxylic acids is 1. The number of carbonyl (C=O) groups is 1. The molecule has 0 atom stereocenters. The van der Waals surface area contributed by atoms with E-state index in [1.165, 1.54) is 12.1 Å². The monoisotopic (exact) mass is 364 g/mol. The van der Waals surface area contributed by atoms with Crippen LogP contribution in [0.3, 0.4) is 0 Å². The van der Waals surface area contributed by atoms with Crippen molar-refractivity contribution >= 4 is 17.5 Å². The van der Waals surface area contributed by atoms with Crippen molar-refractivity contribution in [2.75, 3.05) is 23.3 Å². The van der Waals surface area contributed by atoms with Crippen LogP contribution in [0, 0.1) is 5.82 Å². The molecule has 0 bridgehead atoms. The molecule has 5 nitrogen and oxygen atoms in total. The Balaban J connectivity index is 1.65. The van der Waals surface area contributed by atoms with E-state index in [2.05, 4.69) is 15.3 Å². The van der Waals surface area contributed by atoms with Gasteiger partial charge in [-0.05, 0) is 49.2 Å². The molecule has 1 amide bonds. The van der Waals surface area contributed by atoms with Crippen LogP contribution in [0.4, 0.5) is 16.0 Å². The van der Waals surface area contributed by atoms with E-state index < -0.39 is 0 Å². The standard InChI is InChI=1S/C21H21FN4O/c1-2-26(18-6-4-3-5-7-18)20(27)19-13-15-24-21(25-19)23-14-12-16-8-10-17(22)11-9-16/h3-11,13,15H,2,12,14H2,1H3,(H,23,24,25). The van der Waals surface area contributed by atoms with Crippen molar-refractivity contribution in [2.24, 2.45) is 0 Å². The maximum Gasteiger partial charge on any atom is 0.277 e. The summed E-state index contributed by atoms with van der Waals surface area (Å²) >= 11 is 0. The normalized spacial score (nSPS) is 10.4. The van der Waals surface area contributed by atoms with Gasteiger partial charge in [-0.2, -0.15) is 0 Å². The first-order valence-corrected chi connectivity index (χ1v) is 8.85. The minimum atomic E-state index is -0.250. The van der Waals surface area contributed by atoms with Crippen LogP contribution in [0.1, 0.15) is 23.0 Å². The number of rotatable bonds is 7. The number of anilines is 2. The van der Waals surface area contributed by atoms with E-state index in [1.807, 2.05) is 37.3 Å². The van der Waals surface area contributed by atoms with Crippen molar-refractivity contribution in [3.63, 3.8) is 0 Å². The molecule has 27 heavy (non-hydrogen) atoms. The molecule has 3 rings (SSSR count). The average Bonchev–Trinajstić information content (AvgIpc) is 2.71. The van der Waals surface area contributed by atoms with Crippen molar-refractivity contribution in [3.8, 4) is 0 Å². The Morgan fingerprint density at radius 2 is 1.81 bits per heavy atom. The highest BCUT2D eigenvalue weighted by molar-refractivity contribution is 6.04. The lowest BCUT2D eigenvalue weighted by molar-refractivity contribution is 0.0983. The SMILES string of the molecule is CCN(C(=O)c1ccnc(NCCc2ccc(F)cc2)n1)c1ccccc1. The molecule has 138 valence electrons. The number of benzene rings is 2. The number of amides is 1. The Kier molecular flexibility index (Phi) is 6.10. The number of nitrogens with zero attached hydrogens (tertiary/aromatic N) is 3. The Morgan fingerprint density at radius 1 is 1.07 bits per heavy atom. The van der Waals surface area contributed by atoms with E-state index in [4.69, 9.17) is 0 Å². The molecule has 1 aromatic heterocycles. The maximum absolute atomic E-state index is 12.9. The first kappa shape index (κ1) is 18.5. The number of hydrogen-bond donors (Lipinski definition) is 1. The zero-order valence-corrected chi connectivity index (χ0v) is 15.1. The van der Waals surface area contributed by atoms with Crippen molar-refractivity contribution in [1.82, 2.24) is 9.97 Å². The second-order valence-electron chi connectivity index (χ2n) is 5.95. The summed E-state index contributed by atoms with van der Waals surface area (Å²) in [6.45, 7) is 3.05. The topological polar surface area (TPSA) is 58.1 Å². The van der Waals surface area contributed by atoms with Crippen molar-refractivity contribution < 1.29 is 9.18 Å². The lowest BCUT2D eigenvalue weighted by Crippen LogP contribution is -2.31. The molecule has 3 aromatic rings. The second-order valence-corrected chi connectivity index (χ2v) is 5.95. The Hall–Kier alpha value is -3.28. The van der Waals surface area contributed by atoms with E-state index in [1.54, 1.807) is 29.3 Å². The van der Waals surface area contributed by atoms with E-state index in [9.17, 15) is 9.18 Å². The molecule has 0 spiro atoms. The molecule has 0 radical (unpaired) electrons. The van der Waals surface area contributed by atoms with Gasteiger partial charge < -0.3 is 10.2 Å². The van der Waals surface area contributed by atoms with Crippen LogP contribution >= 0.6 is 0 Å². The van der Waals surface area contributed by atoms with Gasteiger partial charge in [0.15, 0.2) is 0 Å². The number of hydrogen-bond acceptors (Lipinski definition) is 4. The van der Waals surface area contributed by atoms with Gasteiger partial charge in [-0.3, -0.25) is 4.79 Å². The first-order valence-electron chi connectivity index (χ1n) is 8.85. The Morgan fingerprint density at radius 3 is 2.52 bits per heavy atom. The van der Waals surface area contributed by atoms with Gasteiger partial charge in [0.2, 0.25) is 5.95 Å². The molecule has 1 N–H and O–H groups in total. The lowest BCUT2D eigenvalue weighted by Gasteiger charge is -2.20. The van der Waals surface area contributed by atoms with Gasteiger partial charge in [0, 0.05) is 25.0 Å². The molecule has 0 saturated heterocycles. The highest BCUT2D eigenvalue weighted by Crippen LogP contribution is 2.16. The van der Waals surface area contributed by atoms with E-state index in [-0.39, 0.29) is 11.7 Å². The van der Waals surface area contributed by atoms with Crippen LogP contribution < -0.4 is 10.2 Å². The molecule has 6 heteroatoms. The average molecular weight is 364 g/mol. The van der Waals surface area contributed by atoms with Gasteiger partial charge in [0.1, 0.15) is 11.5 Å². The largest absolute Gasteiger partial charge is 0.354 e. The van der Waals surface area contributed by atoms with Gasteiger partial charge in [-0.25, -0.2) is 14.4 Å². The van der Waals surface area contributed by atoms with Gasteiger partial charge in [0.25, 0.3) is 5.91 Å². The van der Waals surface area contributed by atoms with E-state index in [0.29, 0.717) is 31.2 Å². The maximum atomic E-state index is 12.9. The molecule has 1 heterocycles. The predicted octanol–water partition coefficient (Wildman–Crippen LogP) is 3.94. The summed E-state index contributed by atoms with van der Waals surface area (Å²) in [6.07, 6.45) is 2.27. The number of aromatic nitrogens is 2. The minimum absolute atomic E-state index is 0.173. The summed E-state index contributed by atoms with van der Waals surface area (Å²) < 4.78 is 12.9. The zero-order valence-electron chi connectivity index (χ0n) is 15.1. The zero-order chi connectivity index (χ0) is 19.1. The number of para-hydroxylation sites is 1. The highest BCUT2D eigenvalue weighted by Gasteiger charge is 2.17. The summed E-state index contributed by atoms with van der Waals surface area (Å²) in [5, 5.41) is 3.11. The van der Waals surface area contributed by atoms with Crippen LogP contribution in [0.2, 0.25) is 0 Å². The summed E-state index contributed by atoms with van der Waals surface area (Å²) in [7, 11) is 0. The van der Waals surface area contributed by atoms with Gasteiger partial charge >= 0.3 is 0 Å². The Labute approximate surface area is 157 Å². The molecule has 0 aliphatic carbocycles. The van der Waals surface area contributed by atoms with Crippen molar-refractivity contribution in [2.45, 2.75) is 13.3 Å². The molecule has 0 aliphatic heterocycles. The summed E-state index contributed by atoms with van der Waals surface area (Å²) in [5.41, 5.74) is 2.17. The number of halogens is 1. The molecule has 0 fully saturated rings. The lowest BCUT2D eigenvalue weighted by atomic mass is 10.1. The first-order chi connectivity index (χ1) is 13.2. The second kappa shape index (κ2) is 8.89. The van der Waals surface area contributed by atoms with Gasteiger partial charge in [0.05, 0.1) is 0 Å². The molecule has 2 aromatic carbocycles. The van der Waals surface area contributed by atoms with E-state index in [0.717, 1.165) is 11.3 Å². The summed E-state index contributed by atoms with van der Waals surface area (Å²) in [4.78, 5) is 23.0. The van der Waals surface area contributed by atoms with Gasteiger partial charge in [-0.1, -0.05) is 30.3 Å². The van der Waals surface area contributed by atoms with Crippen LogP contribution in [0.25, 0.3) is 0 Å². The van der Waals surface area contributed by atoms with Crippen molar-refractivity contribution in [3.05, 3.63) is 83.9 Å². The van der Waals surface area contributed by atoms with E-state index >= 15 is 0 Å². The van der Waals surface area contributed by atoms with Crippen LogP contribution in [-0.4, -0.2) is 29.0 Å².